The SMILES string of the molecule is CCc1noc(-c2c(-c3ccccc3)cnnc2-c2ccccc2)n1. The van der Waals surface area contributed by atoms with Crippen LogP contribution in [0.15, 0.2) is 71.4 Å². The summed E-state index contributed by atoms with van der Waals surface area (Å²) >= 11 is 0. The second kappa shape index (κ2) is 6.65. The predicted molar refractivity (Wildman–Crippen MR) is 95.6 cm³/mol. The second-order valence-corrected chi connectivity index (χ2v) is 5.58. The molecule has 2 heterocycles. The highest BCUT2D eigenvalue weighted by molar-refractivity contribution is 5.89. The van der Waals surface area contributed by atoms with E-state index in [2.05, 4.69) is 20.3 Å². The van der Waals surface area contributed by atoms with Crippen molar-refractivity contribution in [3.05, 3.63) is 72.7 Å². The molecule has 0 aliphatic carbocycles. The fourth-order valence-corrected chi connectivity index (χ4v) is 2.74. The summed E-state index contributed by atoms with van der Waals surface area (Å²) in [6.45, 7) is 2.00. The lowest BCUT2D eigenvalue weighted by molar-refractivity contribution is 0.423. The second-order valence-electron chi connectivity index (χ2n) is 5.58. The summed E-state index contributed by atoms with van der Waals surface area (Å²) in [6.07, 6.45) is 2.45. The van der Waals surface area contributed by atoms with E-state index in [9.17, 15) is 0 Å². The molecule has 0 aliphatic rings. The standard InChI is InChI=1S/C20H16N4O/c1-2-17-22-20(25-24-17)18-16(14-9-5-3-6-10-14)13-21-23-19(18)15-11-7-4-8-12-15/h3-13H,2H2,1H3. The molecule has 0 unspecified atom stereocenters. The van der Waals surface area contributed by atoms with Crippen LogP contribution in [-0.2, 0) is 6.42 Å². The molecule has 0 atom stereocenters. The topological polar surface area (TPSA) is 64.7 Å². The van der Waals surface area contributed by atoms with Crippen molar-refractivity contribution in [2.24, 2.45) is 0 Å². The first kappa shape index (κ1) is 15.2. The van der Waals surface area contributed by atoms with Crippen LogP contribution in [0, 0.1) is 0 Å². The molecule has 0 amide bonds. The first-order chi connectivity index (χ1) is 12.4. The van der Waals surface area contributed by atoms with Gasteiger partial charge in [0, 0.05) is 17.5 Å². The summed E-state index contributed by atoms with van der Waals surface area (Å²) in [7, 11) is 0. The van der Waals surface area contributed by atoms with Crippen LogP contribution in [0.25, 0.3) is 33.8 Å². The fourth-order valence-electron chi connectivity index (χ4n) is 2.74. The molecule has 0 radical (unpaired) electrons. The maximum absolute atomic E-state index is 5.54. The first-order valence-corrected chi connectivity index (χ1v) is 8.16. The third-order valence-electron chi connectivity index (χ3n) is 3.98. The number of hydrogen-bond acceptors (Lipinski definition) is 5. The molecule has 0 fully saturated rings. The summed E-state index contributed by atoms with van der Waals surface area (Å²) in [4.78, 5) is 4.53. The third kappa shape index (κ3) is 2.92. The minimum absolute atomic E-state index is 0.462. The van der Waals surface area contributed by atoms with Gasteiger partial charge in [0.25, 0.3) is 5.89 Å². The van der Waals surface area contributed by atoms with Crippen molar-refractivity contribution in [1.29, 1.82) is 0 Å². The summed E-state index contributed by atoms with van der Waals surface area (Å²) in [5.41, 5.74) is 4.44. The van der Waals surface area contributed by atoms with Crippen LogP contribution in [0.5, 0.6) is 0 Å². The molecular formula is C20H16N4O. The molecule has 4 aromatic rings. The Morgan fingerprint density at radius 1 is 0.880 bits per heavy atom. The van der Waals surface area contributed by atoms with E-state index >= 15 is 0 Å². The lowest BCUT2D eigenvalue weighted by Gasteiger charge is -2.10. The summed E-state index contributed by atoms with van der Waals surface area (Å²) in [6, 6.07) is 20.0. The molecule has 0 spiro atoms. The van der Waals surface area contributed by atoms with E-state index in [1.54, 1.807) is 6.20 Å². The minimum atomic E-state index is 0.462. The molecule has 4 rings (SSSR count). The highest BCUT2D eigenvalue weighted by Crippen LogP contribution is 2.37. The van der Waals surface area contributed by atoms with Gasteiger partial charge in [0.1, 0.15) is 5.69 Å². The lowest BCUT2D eigenvalue weighted by atomic mass is 9.97. The number of hydrogen-bond donors (Lipinski definition) is 0. The molecule has 0 bridgehead atoms. The quantitative estimate of drug-likeness (QED) is 0.555. The zero-order valence-corrected chi connectivity index (χ0v) is 13.8. The van der Waals surface area contributed by atoms with Crippen LogP contribution >= 0.6 is 0 Å². The van der Waals surface area contributed by atoms with Gasteiger partial charge in [-0.05, 0) is 5.56 Å². The lowest BCUT2D eigenvalue weighted by Crippen LogP contribution is -1.96. The Bertz CT molecular complexity index is 923. The predicted octanol–water partition coefficient (Wildman–Crippen LogP) is 4.42. The third-order valence-corrected chi connectivity index (χ3v) is 3.98. The van der Waals surface area contributed by atoms with Crippen molar-refractivity contribution in [3.8, 4) is 33.8 Å². The summed E-state index contributed by atoms with van der Waals surface area (Å²) < 4.78 is 5.54. The molecule has 5 nitrogen and oxygen atoms in total. The molecule has 0 aliphatic heterocycles. The Labute approximate surface area is 145 Å². The Balaban J connectivity index is 1.99. The Kier molecular flexibility index (Phi) is 4.04. The Morgan fingerprint density at radius 3 is 2.20 bits per heavy atom. The zero-order chi connectivity index (χ0) is 17.1. The van der Waals surface area contributed by atoms with Gasteiger partial charge in [-0.2, -0.15) is 10.1 Å². The molecule has 2 aromatic heterocycles. The van der Waals surface area contributed by atoms with Crippen LogP contribution < -0.4 is 0 Å². The van der Waals surface area contributed by atoms with Crippen LogP contribution in [0.2, 0.25) is 0 Å². The molecule has 122 valence electrons. The Hall–Kier alpha value is -3.34. The number of aryl methyl sites for hydroxylation is 1. The van der Waals surface area contributed by atoms with Crippen molar-refractivity contribution in [2.45, 2.75) is 13.3 Å². The van der Waals surface area contributed by atoms with Crippen molar-refractivity contribution >= 4 is 0 Å². The van der Waals surface area contributed by atoms with Gasteiger partial charge in [-0.25, -0.2) is 0 Å². The summed E-state index contributed by atoms with van der Waals surface area (Å²) in [5, 5.41) is 12.6. The number of nitrogens with zero attached hydrogens (tertiary/aromatic N) is 4. The molecule has 0 saturated heterocycles. The average Bonchev–Trinajstić information content (AvgIpc) is 3.18. The zero-order valence-electron chi connectivity index (χ0n) is 13.8. The van der Waals surface area contributed by atoms with Crippen molar-refractivity contribution in [2.75, 3.05) is 0 Å². The van der Waals surface area contributed by atoms with E-state index in [4.69, 9.17) is 4.52 Å². The maximum Gasteiger partial charge on any atom is 0.260 e. The van der Waals surface area contributed by atoms with E-state index in [-0.39, 0.29) is 0 Å². The smallest absolute Gasteiger partial charge is 0.260 e. The van der Waals surface area contributed by atoms with Gasteiger partial charge in [0.15, 0.2) is 5.82 Å². The van der Waals surface area contributed by atoms with E-state index in [0.717, 1.165) is 27.9 Å². The number of benzene rings is 2. The van der Waals surface area contributed by atoms with Gasteiger partial charge in [-0.15, -0.1) is 5.10 Å². The van der Waals surface area contributed by atoms with E-state index in [1.165, 1.54) is 0 Å². The highest BCUT2D eigenvalue weighted by Gasteiger charge is 2.21. The molecule has 2 aromatic carbocycles. The molecule has 0 N–H and O–H groups in total. The van der Waals surface area contributed by atoms with Crippen molar-refractivity contribution in [1.82, 2.24) is 20.3 Å². The highest BCUT2D eigenvalue weighted by atomic mass is 16.5. The summed E-state index contributed by atoms with van der Waals surface area (Å²) in [5.74, 6) is 1.13. The Morgan fingerprint density at radius 2 is 1.56 bits per heavy atom. The van der Waals surface area contributed by atoms with E-state index < -0.39 is 0 Å². The van der Waals surface area contributed by atoms with Gasteiger partial charge in [0.2, 0.25) is 0 Å². The molecular weight excluding hydrogens is 312 g/mol. The van der Waals surface area contributed by atoms with Gasteiger partial charge in [0.05, 0.1) is 11.8 Å². The number of rotatable bonds is 4. The largest absolute Gasteiger partial charge is 0.334 e. The van der Waals surface area contributed by atoms with Gasteiger partial charge in [-0.3, -0.25) is 0 Å². The van der Waals surface area contributed by atoms with Gasteiger partial charge < -0.3 is 4.52 Å². The van der Waals surface area contributed by atoms with E-state index in [0.29, 0.717) is 18.1 Å². The van der Waals surface area contributed by atoms with E-state index in [1.807, 2.05) is 67.6 Å². The normalized spacial score (nSPS) is 10.8. The monoisotopic (exact) mass is 328 g/mol. The fraction of sp³-hybridized carbons (Fsp3) is 0.100. The van der Waals surface area contributed by atoms with Gasteiger partial charge in [-0.1, -0.05) is 72.7 Å². The minimum Gasteiger partial charge on any atom is -0.334 e. The van der Waals surface area contributed by atoms with Crippen molar-refractivity contribution < 1.29 is 4.52 Å². The van der Waals surface area contributed by atoms with Crippen LogP contribution in [0.3, 0.4) is 0 Å². The molecule has 25 heavy (non-hydrogen) atoms. The average molecular weight is 328 g/mol. The molecule has 5 heteroatoms. The van der Waals surface area contributed by atoms with Crippen LogP contribution in [0.1, 0.15) is 12.7 Å². The first-order valence-electron chi connectivity index (χ1n) is 8.16. The van der Waals surface area contributed by atoms with Gasteiger partial charge >= 0.3 is 0 Å². The van der Waals surface area contributed by atoms with Crippen molar-refractivity contribution in [3.63, 3.8) is 0 Å². The molecule has 0 saturated carbocycles. The number of aromatic nitrogens is 4. The van der Waals surface area contributed by atoms with Crippen LogP contribution in [-0.4, -0.2) is 20.3 Å². The van der Waals surface area contributed by atoms with Crippen LogP contribution in [0.4, 0.5) is 0 Å². The maximum atomic E-state index is 5.54.